The van der Waals surface area contributed by atoms with Gasteiger partial charge in [0, 0.05) is 37.6 Å². The summed E-state index contributed by atoms with van der Waals surface area (Å²) in [7, 11) is 0. The van der Waals surface area contributed by atoms with Crippen LogP contribution in [0, 0.1) is 5.92 Å². The Morgan fingerprint density at radius 3 is 2.87 bits per heavy atom. The van der Waals surface area contributed by atoms with E-state index in [1.807, 2.05) is 6.92 Å². The lowest BCUT2D eigenvalue weighted by Gasteiger charge is -2.17. The summed E-state index contributed by atoms with van der Waals surface area (Å²) in [6.45, 7) is 4.49. The zero-order valence-corrected chi connectivity index (χ0v) is 9.41. The molecule has 2 unspecified atom stereocenters. The molecule has 0 aromatic carbocycles. The lowest BCUT2D eigenvalue weighted by atomic mass is 10.1. The van der Waals surface area contributed by atoms with Crippen LogP contribution in [0.15, 0.2) is 0 Å². The fraction of sp³-hybridized carbons (Fsp3) is 0.909. The van der Waals surface area contributed by atoms with E-state index < -0.39 is 0 Å². The molecule has 15 heavy (non-hydrogen) atoms. The third-order valence-electron chi connectivity index (χ3n) is 3.43. The zero-order chi connectivity index (χ0) is 10.8. The van der Waals surface area contributed by atoms with Crippen molar-refractivity contribution in [3.05, 3.63) is 0 Å². The molecular formula is C11H21N3O. The molecule has 0 aromatic rings. The minimum Gasteiger partial charge on any atom is -0.352 e. The number of amides is 1. The highest BCUT2D eigenvalue weighted by atomic mass is 16.1. The van der Waals surface area contributed by atoms with Crippen LogP contribution in [-0.2, 0) is 4.79 Å². The summed E-state index contributed by atoms with van der Waals surface area (Å²) < 4.78 is 0. The van der Waals surface area contributed by atoms with Crippen molar-refractivity contribution in [2.45, 2.75) is 38.3 Å². The van der Waals surface area contributed by atoms with Crippen molar-refractivity contribution in [1.82, 2.24) is 10.2 Å². The average Bonchev–Trinajstić information content (AvgIpc) is 2.99. The lowest BCUT2D eigenvalue weighted by Crippen LogP contribution is -2.41. The van der Waals surface area contributed by atoms with Gasteiger partial charge in [-0.3, -0.25) is 9.69 Å². The van der Waals surface area contributed by atoms with E-state index in [1.54, 1.807) is 0 Å². The first-order chi connectivity index (χ1) is 7.20. The van der Waals surface area contributed by atoms with Gasteiger partial charge in [0.05, 0.1) is 0 Å². The Kier molecular flexibility index (Phi) is 3.26. The molecule has 1 heterocycles. The van der Waals surface area contributed by atoms with Crippen LogP contribution in [0.2, 0.25) is 0 Å². The smallest absolute Gasteiger partial charge is 0.224 e. The summed E-state index contributed by atoms with van der Waals surface area (Å²) >= 11 is 0. The van der Waals surface area contributed by atoms with E-state index >= 15 is 0 Å². The Morgan fingerprint density at radius 1 is 1.53 bits per heavy atom. The van der Waals surface area contributed by atoms with Crippen molar-refractivity contribution in [1.29, 1.82) is 0 Å². The second kappa shape index (κ2) is 4.49. The van der Waals surface area contributed by atoms with Crippen LogP contribution in [0.25, 0.3) is 0 Å². The van der Waals surface area contributed by atoms with Gasteiger partial charge in [-0.1, -0.05) is 6.92 Å². The first kappa shape index (κ1) is 10.9. The summed E-state index contributed by atoms with van der Waals surface area (Å²) in [5.41, 5.74) is 5.46. The Hall–Kier alpha value is -0.610. The molecule has 2 atom stereocenters. The molecule has 2 aliphatic rings. The Morgan fingerprint density at radius 2 is 2.27 bits per heavy atom. The molecule has 1 aliphatic heterocycles. The monoisotopic (exact) mass is 211 g/mol. The van der Waals surface area contributed by atoms with Gasteiger partial charge in [-0.25, -0.2) is 0 Å². The van der Waals surface area contributed by atoms with Crippen molar-refractivity contribution in [2.75, 3.05) is 19.6 Å². The van der Waals surface area contributed by atoms with Crippen molar-refractivity contribution in [2.24, 2.45) is 11.7 Å². The van der Waals surface area contributed by atoms with Gasteiger partial charge in [-0.15, -0.1) is 0 Å². The molecule has 0 aromatic heterocycles. The van der Waals surface area contributed by atoms with Gasteiger partial charge in [0.15, 0.2) is 0 Å². The summed E-state index contributed by atoms with van der Waals surface area (Å²) in [5.74, 6) is 0.0557. The van der Waals surface area contributed by atoms with Crippen LogP contribution in [0.3, 0.4) is 0 Å². The second-order valence-corrected chi connectivity index (χ2v) is 4.86. The maximum absolute atomic E-state index is 11.6. The van der Waals surface area contributed by atoms with Gasteiger partial charge >= 0.3 is 0 Å². The van der Waals surface area contributed by atoms with E-state index in [0.29, 0.717) is 12.6 Å². The topological polar surface area (TPSA) is 58.4 Å². The van der Waals surface area contributed by atoms with Gasteiger partial charge in [-0.2, -0.15) is 0 Å². The number of rotatable bonds is 4. The van der Waals surface area contributed by atoms with Crippen molar-refractivity contribution < 1.29 is 4.79 Å². The second-order valence-electron chi connectivity index (χ2n) is 4.86. The number of hydrogen-bond donors (Lipinski definition) is 2. The van der Waals surface area contributed by atoms with Gasteiger partial charge in [-0.05, 0) is 19.3 Å². The SMILES string of the molecule is CC(CN)C(=O)NC1CCN(C2CC2)C1. The Labute approximate surface area is 91.2 Å². The summed E-state index contributed by atoms with van der Waals surface area (Å²) in [6, 6.07) is 1.17. The molecule has 0 spiro atoms. The fourth-order valence-electron chi connectivity index (χ4n) is 2.13. The van der Waals surface area contributed by atoms with Crippen LogP contribution < -0.4 is 11.1 Å². The van der Waals surface area contributed by atoms with E-state index in [1.165, 1.54) is 12.8 Å². The molecule has 1 aliphatic carbocycles. The minimum absolute atomic E-state index is 0.0556. The predicted octanol–water partition coefficient (Wildman–Crippen LogP) is -0.0659. The maximum Gasteiger partial charge on any atom is 0.224 e. The highest BCUT2D eigenvalue weighted by Crippen LogP contribution is 2.29. The Balaban J connectivity index is 1.73. The highest BCUT2D eigenvalue weighted by molar-refractivity contribution is 5.78. The Bertz CT molecular complexity index is 240. The largest absolute Gasteiger partial charge is 0.352 e. The molecule has 4 heteroatoms. The molecule has 2 rings (SSSR count). The zero-order valence-electron chi connectivity index (χ0n) is 9.41. The third kappa shape index (κ3) is 2.69. The van der Waals surface area contributed by atoms with Crippen LogP contribution in [0.1, 0.15) is 26.2 Å². The third-order valence-corrected chi connectivity index (χ3v) is 3.43. The molecule has 0 radical (unpaired) electrons. The lowest BCUT2D eigenvalue weighted by molar-refractivity contribution is -0.124. The van der Waals surface area contributed by atoms with Crippen molar-refractivity contribution >= 4 is 5.91 Å². The first-order valence-electron chi connectivity index (χ1n) is 5.95. The minimum atomic E-state index is -0.0556. The quantitative estimate of drug-likeness (QED) is 0.684. The molecule has 4 nitrogen and oxygen atoms in total. The van der Waals surface area contributed by atoms with Gasteiger partial charge in [0.25, 0.3) is 0 Å². The van der Waals surface area contributed by atoms with Gasteiger partial charge < -0.3 is 11.1 Å². The van der Waals surface area contributed by atoms with Crippen molar-refractivity contribution in [3.63, 3.8) is 0 Å². The van der Waals surface area contributed by atoms with E-state index in [4.69, 9.17) is 5.73 Å². The summed E-state index contributed by atoms with van der Waals surface area (Å²) in [6.07, 6.45) is 3.79. The molecule has 3 N–H and O–H groups in total. The molecule has 2 fully saturated rings. The number of hydrogen-bond acceptors (Lipinski definition) is 3. The van der Waals surface area contributed by atoms with Crippen molar-refractivity contribution in [3.8, 4) is 0 Å². The normalized spacial score (nSPS) is 29.1. The number of likely N-dealkylation sites (tertiary alicyclic amines) is 1. The summed E-state index contributed by atoms with van der Waals surface area (Å²) in [5, 5.41) is 3.08. The van der Waals surface area contributed by atoms with Crippen LogP contribution in [0.4, 0.5) is 0 Å². The molecule has 1 saturated carbocycles. The highest BCUT2D eigenvalue weighted by Gasteiger charge is 2.34. The predicted molar refractivity (Wildman–Crippen MR) is 59.4 cm³/mol. The average molecular weight is 211 g/mol. The van der Waals surface area contributed by atoms with E-state index in [9.17, 15) is 4.79 Å². The molecule has 0 bridgehead atoms. The van der Waals surface area contributed by atoms with Crippen LogP contribution >= 0.6 is 0 Å². The van der Waals surface area contributed by atoms with Crippen LogP contribution in [-0.4, -0.2) is 42.5 Å². The summed E-state index contributed by atoms with van der Waals surface area (Å²) in [4.78, 5) is 14.1. The standard InChI is InChI=1S/C11H21N3O/c1-8(6-12)11(15)13-9-4-5-14(7-9)10-2-3-10/h8-10H,2-7,12H2,1H3,(H,13,15). The first-order valence-corrected chi connectivity index (χ1v) is 5.95. The van der Waals surface area contributed by atoms with E-state index in [-0.39, 0.29) is 11.8 Å². The number of nitrogens with one attached hydrogen (secondary N) is 1. The van der Waals surface area contributed by atoms with Gasteiger partial charge in [0.1, 0.15) is 0 Å². The number of nitrogens with two attached hydrogens (primary N) is 1. The maximum atomic E-state index is 11.6. The van der Waals surface area contributed by atoms with Crippen LogP contribution in [0.5, 0.6) is 0 Å². The number of carbonyl (C=O) groups excluding carboxylic acids is 1. The van der Waals surface area contributed by atoms with E-state index in [2.05, 4.69) is 10.2 Å². The molecule has 86 valence electrons. The van der Waals surface area contributed by atoms with Gasteiger partial charge in [0.2, 0.25) is 5.91 Å². The fourth-order valence-corrected chi connectivity index (χ4v) is 2.13. The molecule has 1 amide bonds. The number of carbonyl (C=O) groups is 1. The molecular weight excluding hydrogens is 190 g/mol. The number of nitrogens with zero attached hydrogens (tertiary/aromatic N) is 1. The van der Waals surface area contributed by atoms with E-state index in [0.717, 1.165) is 25.6 Å². The molecule has 1 saturated heterocycles.